The molecule has 5 heterocycles. The van der Waals surface area contributed by atoms with E-state index in [1.54, 1.807) is 4.90 Å². The van der Waals surface area contributed by atoms with Gasteiger partial charge in [-0.25, -0.2) is 4.98 Å². The first-order chi connectivity index (χ1) is 22.3. The van der Waals surface area contributed by atoms with Crippen LogP contribution >= 0.6 is 0 Å². The maximum absolute atomic E-state index is 12.5. The van der Waals surface area contributed by atoms with E-state index in [0.717, 1.165) is 83.2 Å². The van der Waals surface area contributed by atoms with E-state index in [1.807, 2.05) is 63.1 Å². The highest BCUT2D eigenvalue weighted by Crippen LogP contribution is 2.34. The lowest BCUT2D eigenvalue weighted by molar-refractivity contribution is -0.134. The standard InChI is InChI=1S/C32H35N9O3.C2H6/c1-4-19-18-33-32(36-30(19)34-21-5-9-25-20(15-21)16-28(43)38(25)2)41-13-11-40(12-14-41)22-6-7-23-26(17-22)39(3)37-29(23)24-8-10-27(42)35-31(24)44;1-2/h5-7,9,15,17-18,24H,4,8,10-14,16H2,1-3H3,(H,33,34,36)(H,35,42,44);1-2H3. The summed E-state index contributed by atoms with van der Waals surface area (Å²) in [5, 5.41) is 11.6. The molecule has 1 atom stereocenters. The van der Waals surface area contributed by atoms with Crippen LogP contribution in [0.15, 0.2) is 42.6 Å². The van der Waals surface area contributed by atoms with Gasteiger partial charge in [-0.3, -0.25) is 24.4 Å². The molecule has 0 aliphatic carbocycles. The molecular formula is C34H41N9O3. The van der Waals surface area contributed by atoms with Crippen LogP contribution < -0.4 is 25.3 Å². The van der Waals surface area contributed by atoms with Crippen molar-refractivity contribution in [3.05, 3.63) is 59.4 Å². The van der Waals surface area contributed by atoms with Gasteiger partial charge in [0.25, 0.3) is 0 Å². The Labute approximate surface area is 268 Å². The van der Waals surface area contributed by atoms with Gasteiger partial charge in [-0.2, -0.15) is 10.1 Å². The monoisotopic (exact) mass is 623 g/mol. The predicted octanol–water partition coefficient (Wildman–Crippen LogP) is 4.06. The van der Waals surface area contributed by atoms with Crippen molar-refractivity contribution in [2.45, 2.75) is 52.4 Å². The van der Waals surface area contributed by atoms with Crippen molar-refractivity contribution >= 4 is 57.5 Å². The number of carbonyl (C=O) groups excluding carboxylic acids is 3. The topological polar surface area (TPSA) is 129 Å². The average Bonchev–Trinajstić information content (AvgIpc) is 3.55. The van der Waals surface area contributed by atoms with Crippen LogP contribution in [0.2, 0.25) is 0 Å². The summed E-state index contributed by atoms with van der Waals surface area (Å²) < 4.78 is 1.82. The molecule has 0 spiro atoms. The Bertz CT molecular complexity index is 1810. The van der Waals surface area contributed by atoms with Gasteiger partial charge in [0, 0.05) is 80.9 Å². The molecule has 0 radical (unpaired) electrons. The number of nitrogens with one attached hydrogen (secondary N) is 2. The van der Waals surface area contributed by atoms with Crippen molar-refractivity contribution in [1.29, 1.82) is 0 Å². The van der Waals surface area contributed by atoms with Crippen molar-refractivity contribution in [2.24, 2.45) is 7.05 Å². The molecular weight excluding hydrogens is 582 g/mol. The van der Waals surface area contributed by atoms with Crippen molar-refractivity contribution in [1.82, 2.24) is 25.1 Å². The molecule has 3 amide bonds. The number of benzene rings is 2. The number of imide groups is 1. The van der Waals surface area contributed by atoms with Crippen LogP contribution in [0, 0.1) is 0 Å². The van der Waals surface area contributed by atoms with E-state index in [1.165, 1.54) is 0 Å². The quantitative estimate of drug-likeness (QED) is 0.306. The number of piperidine rings is 1. The molecule has 12 heteroatoms. The van der Waals surface area contributed by atoms with E-state index in [0.29, 0.717) is 25.2 Å². The van der Waals surface area contributed by atoms with Crippen LogP contribution in [0.1, 0.15) is 56.4 Å². The second kappa shape index (κ2) is 12.8. The molecule has 0 bridgehead atoms. The second-order valence-electron chi connectivity index (χ2n) is 11.7. The largest absolute Gasteiger partial charge is 0.368 e. The van der Waals surface area contributed by atoms with Gasteiger partial charge >= 0.3 is 0 Å². The van der Waals surface area contributed by atoms with Gasteiger partial charge in [0.15, 0.2) is 0 Å². The molecule has 3 aliphatic heterocycles. The predicted molar refractivity (Wildman–Crippen MR) is 180 cm³/mol. The number of aromatic nitrogens is 4. The Morgan fingerprint density at radius 1 is 0.978 bits per heavy atom. The van der Waals surface area contributed by atoms with E-state index in [2.05, 4.69) is 44.6 Å². The number of aryl methyl sites for hydroxylation is 2. The Hall–Kier alpha value is -5.00. The summed E-state index contributed by atoms with van der Waals surface area (Å²) in [7, 11) is 3.70. The zero-order valence-corrected chi connectivity index (χ0v) is 27.1. The minimum Gasteiger partial charge on any atom is -0.368 e. The van der Waals surface area contributed by atoms with Gasteiger partial charge in [0.1, 0.15) is 5.82 Å². The van der Waals surface area contributed by atoms with Gasteiger partial charge in [0.05, 0.1) is 23.5 Å². The average molecular weight is 624 g/mol. The molecule has 2 saturated heterocycles. The highest BCUT2D eigenvalue weighted by atomic mass is 16.2. The lowest BCUT2D eigenvalue weighted by Crippen LogP contribution is -2.47. The first-order valence-corrected chi connectivity index (χ1v) is 16.1. The normalized spacial score (nSPS) is 18.0. The Morgan fingerprint density at radius 3 is 2.48 bits per heavy atom. The lowest BCUT2D eigenvalue weighted by Gasteiger charge is -2.36. The summed E-state index contributed by atoms with van der Waals surface area (Å²) in [5.41, 5.74) is 6.69. The van der Waals surface area contributed by atoms with Gasteiger partial charge < -0.3 is 20.0 Å². The number of hydrogen-bond acceptors (Lipinski definition) is 9. The highest BCUT2D eigenvalue weighted by Gasteiger charge is 2.32. The molecule has 240 valence electrons. The molecule has 12 nitrogen and oxygen atoms in total. The van der Waals surface area contributed by atoms with E-state index in [9.17, 15) is 14.4 Å². The molecule has 2 aromatic heterocycles. The zero-order valence-electron chi connectivity index (χ0n) is 27.1. The third-order valence-corrected chi connectivity index (χ3v) is 9.01. The van der Waals surface area contributed by atoms with Crippen LogP contribution in [-0.4, -0.2) is 70.7 Å². The van der Waals surface area contributed by atoms with Crippen LogP contribution in [0.3, 0.4) is 0 Å². The molecule has 0 saturated carbocycles. The van der Waals surface area contributed by atoms with E-state index >= 15 is 0 Å². The molecule has 46 heavy (non-hydrogen) atoms. The van der Waals surface area contributed by atoms with Crippen LogP contribution in [0.5, 0.6) is 0 Å². The van der Waals surface area contributed by atoms with E-state index < -0.39 is 5.92 Å². The van der Waals surface area contributed by atoms with Gasteiger partial charge in [-0.15, -0.1) is 0 Å². The summed E-state index contributed by atoms with van der Waals surface area (Å²) in [5.74, 6) is 0.663. The fraction of sp³-hybridized carbons (Fsp3) is 0.412. The number of anilines is 5. The van der Waals surface area contributed by atoms with Gasteiger partial charge in [-0.1, -0.05) is 20.8 Å². The lowest BCUT2D eigenvalue weighted by atomic mass is 9.93. The van der Waals surface area contributed by atoms with Gasteiger partial charge in [-0.05, 0) is 54.8 Å². The molecule has 7 rings (SSSR count). The van der Waals surface area contributed by atoms with E-state index in [-0.39, 0.29) is 17.7 Å². The SMILES string of the molecule is CC.CCc1cnc(N2CCN(c3ccc4c(C5CCC(=O)NC5=O)nn(C)c4c3)CC2)nc1Nc1ccc2c(c1)CC(=O)N2C. The van der Waals surface area contributed by atoms with E-state index in [4.69, 9.17) is 9.97 Å². The fourth-order valence-electron chi connectivity index (χ4n) is 6.45. The number of amides is 3. The molecule has 4 aromatic rings. The van der Waals surface area contributed by atoms with Crippen molar-refractivity contribution in [3.8, 4) is 0 Å². The maximum atomic E-state index is 12.5. The first kappa shape index (κ1) is 31.0. The van der Waals surface area contributed by atoms with Gasteiger partial charge in [0.2, 0.25) is 23.7 Å². The summed E-state index contributed by atoms with van der Waals surface area (Å²) in [6, 6.07) is 12.3. The van der Waals surface area contributed by atoms with Crippen LogP contribution in [-0.2, 0) is 34.3 Å². The number of rotatable bonds is 6. The van der Waals surface area contributed by atoms with Crippen LogP contribution in [0.25, 0.3) is 10.9 Å². The van der Waals surface area contributed by atoms with Crippen LogP contribution in [0.4, 0.5) is 28.8 Å². The summed E-state index contributed by atoms with van der Waals surface area (Å²) >= 11 is 0. The minimum atomic E-state index is -0.419. The van der Waals surface area contributed by atoms with Crippen molar-refractivity contribution < 1.29 is 14.4 Å². The number of fused-ring (bicyclic) bond motifs is 2. The minimum absolute atomic E-state index is 0.104. The maximum Gasteiger partial charge on any atom is 0.235 e. The summed E-state index contributed by atoms with van der Waals surface area (Å²) in [4.78, 5) is 52.2. The highest BCUT2D eigenvalue weighted by molar-refractivity contribution is 6.03. The zero-order chi connectivity index (χ0) is 32.5. The molecule has 2 fully saturated rings. The fourth-order valence-corrected chi connectivity index (χ4v) is 6.45. The molecule has 2 N–H and O–H groups in total. The molecule has 2 aromatic carbocycles. The third-order valence-electron chi connectivity index (χ3n) is 9.01. The van der Waals surface area contributed by atoms with Crippen molar-refractivity contribution in [3.63, 3.8) is 0 Å². The number of piperazine rings is 1. The Balaban J connectivity index is 0.00000182. The number of carbonyl (C=O) groups is 3. The third kappa shape index (κ3) is 5.75. The Kier molecular flexibility index (Phi) is 8.61. The number of nitrogens with zero attached hydrogens (tertiary/aromatic N) is 7. The summed E-state index contributed by atoms with van der Waals surface area (Å²) in [6.07, 6.45) is 3.91. The Morgan fingerprint density at radius 2 is 1.74 bits per heavy atom. The first-order valence-electron chi connectivity index (χ1n) is 16.1. The molecule has 1 unspecified atom stereocenters. The van der Waals surface area contributed by atoms with Crippen molar-refractivity contribution in [2.75, 3.05) is 53.2 Å². The summed E-state index contributed by atoms with van der Waals surface area (Å²) in [6.45, 7) is 9.23. The smallest absolute Gasteiger partial charge is 0.235 e. The molecule has 3 aliphatic rings. The number of likely N-dealkylation sites (N-methyl/N-ethyl adjacent to an activating group) is 1. The second-order valence-corrected chi connectivity index (χ2v) is 11.7. The number of hydrogen-bond donors (Lipinski definition) is 2.